The quantitative estimate of drug-likeness (QED) is 0.733. The van der Waals surface area contributed by atoms with E-state index < -0.39 is 0 Å². The minimum atomic E-state index is 0.213. The molecule has 0 saturated heterocycles. The first-order valence-corrected chi connectivity index (χ1v) is 4.98. The third-order valence-electron chi connectivity index (χ3n) is 1.82. The van der Waals surface area contributed by atoms with Crippen molar-refractivity contribution in [1.82, 2.24) is 0 Å². The van der Waals surface area contributed by atoms with Crippen LogP contribution in [0.25, 0.3) is 0 Å². The second-order valence-corrected chi connectivity index (χ2v) is 4.38. The number of benzene rings is 1. The molecule has 2 heteroatoms. The fourth-order valence-electron chi connectivity index (χ4n) is 1.03. The van der Waals surface area contributed by atoms with Crippen LogP contribution in [0.5, 0.6) is 5.75 Å². The van der Waals surface area contributed by atoms with Crippen LogP contribution in [0, 0.1) is 0 Å². The molecule has 1 rings (SSSR count). The molecule has 1 aromatic rings. The molecule has 0 unspecified atom stereocenters. The Balaban J connectivity index is 3.02. The average Bonchev–Trinajstić information content (AvgIpc) is 2.03. The summed E-state index contributed by atoms with van der Waals surface area (Å²) < 4.78 is 5.24. The first kappa shape index (κ1) is 9.99. The molecular weight excluding hydrogens is 227 g/mol. The first-order chi connectivity index (χ1) is 5.54. The SMILES string of the molecule is CC(C)(C)c1cccc([O][Zr])c1. The molecule has 0 saturated carbocycles. The third kappa shape index (κ3) is 2.45. The van der Waals surface area contributed by atoms with E-state index in [9.17, 15) is 0 Å². The van der Waals surface area contributed by atoms with E-state index in [1.807, 2.05) is 12.1 Å². The molecule has 0 aliphatic carbocycles. The summed E-state index contributed by atoms with van der Waals surface area (Å²) in [4.78, 5) is 0. The zero-order valence-electron chi connectivity index (χ0n) is 7.72. The van der Waals surface area contributed by atoms with Gasteiger partial charge in [-0.15, -0.1) is 0 Å². The van der Waals surface area contributed by atoms with Crippen LogP contribution in [0.1, 0.15) is 26.3 Å². The number of hydrogen-bond donors (Lipinski definition) is 0. The van der Waals surface area contributed by atoms with Crippen LogP contribution in [-0.4, -0.2) is 0 Å². The van der Waals surface area contributed by atoms with Gasteiger partial charge in [0, 0.05) is 0 Å². The van der Waals surface area contributed by atoms with E-state index in [-0.39, 0.29) is 5.41 Å². The third-order valence-corrected chi connectivity index (χ3v) is 2.40. The van der Waals surface area contributed by atoms with Crippen molar-refractivity contribution < 1.29 is 28.0 Å². The van der Waals surface area contributed by atoms with Gasteiger partial charge >= 0.3 is 89.7 Å². The molecule has 0 N–H and O–H groups in total. The van der Waals surface area contributed by atoms with Gasteiger partial charge in [0.15, 0.2) is 0 Å². The molecule has 0 heterocycles. The van der Waals surface area contributed by atoms with E-state index in [4.69, 9.17) is 2.81 Å². The Labute approximate surface area is 89.6 Å². The molecule has 0 bridgehead atoms. The van der Waals surface area contributed by atoms with E-state index in [1.54, 1.807) is 0 Å². The van der Waals surface area contributed by atoms with Crippen molar-refractivity contribution in [2.75, 3.05) is 0 Å². The Hall–Kier alpha value is -0.0969. The summed E-state index contributed by atoms with van der Waals surface area (Å²) in [7, 11) is 0. The maximum absolute atomic E-state index is 5.24. The van der Waals surface area contributed by atoms with Crippen molar-refractivity contribution in [1.29, 1.82) is 0 Å². The Morgan fingerprint density at radius 2 is 1.92 bits per heavy atom. The second-order valence-electron chi connectivity index (χ2n) is 3.88. The van der Waals surface area contributed by atoms with Gasteiger partial charge in [-0.2, -0.15) is 0 Å². The van der Waals surface area contributed by atoms with Crippen molar-refractivity contribution >= 4 is 0 Å². The molecule has 1 nitrogen and oxygen atoms in total. The van der Waals surface area contributed by atoms with Gasteiger partial charge in [-0.05, 0) is 0 Å². The summed E-state index contributed by atoms with van der Waals surface area (Å²) >= 11 is 1.09. The van der Waals surface area contributed by atoms with Gasteiger partial charge in [0.25, 0.3) is 0 Å². The van der Waals surface area contributed by atoms with E-state index in [2.05, 4.69) is 32.9 Å². The van der Waals surface area contributed by atoms with Crippen molar-refractivity contribution in [3.63, 3.8) is 0 Å². The molecule has 0 aliphatic heterocycles. The van der Waals surface area contributed by atoms with Crippen molar-refractivity contribution in [3.05, 3.63) is 29.8 Å². The topological polar surface area (TPSA) is 9.23 Å². The van der Waals surface area contributed by atoms with Crippen LogP contribution >= 0.6 is 0 Å². The number of hydrogen-bond acceptors (Lipinski definition) is 1. The van der Waals surface area contributed by atoms with E-state index >= 15 is 0 Å². The summed E-state index contributed by atoms with van der Waals surface area (Å²) in [6.45, 7) is 6.61. The summed E-state index contributed by atoms with van der Waals surface area (Å²) in [6, 6.07) is 8.27. The van der Waals surface area contributed by atoms with E-state index in [1.165, 1.54) is 5.56 Å². The summed E-state index contributed by atoms with van der Waals surface area (Å²) in [5, 5.41) is 0. The standard InChI is InChI=1S/C10H14O.Zr/c1-10(2,3)8-5-4-6-9(11)7-8;/h4-7,11H,1-3H3;/q;+1/p-1. The van der Waals surface area contributed by atoms with E-state index in [0.717, 1.165) is 30.9 Å². The van der Waals surface area contributed by atoms with Crippen molar-refractivity contribution in [2.45, 2.75) is 26.2 Å². The maximum atomic E-state index is 5.24. The van der Waals surface area contributed by atoms with Gasteiger partial charge in [0.2, 0.25) is 0 Å². The zero-order valence-corrected chi connectivity index (χ0v) is 10.2. The van der Waals surface area contributed by atoms with Crippen LogP contribution in [-0.2, 0) is 30.6 Å². The average molecular weight is 240 g/mol. The van der Waals surface area contributed by atoms with E-state index in [0.29, 0.717) is 0 Å². The molecule has 0 spiro atoms. The van der Waals surface area contributed by atoms with Crippen LogP contribution in [0.4, 0.5) is 0 Å². The Morgan fingerprint density at radius 3 is 2.42 bits per heavy atom. The molecule has 12 heavy (non-hydrogen) atoms. The molecular formula is C10H13OZr. The predicted molar refractivity (Wildman–Crippen MR) is 45.8 cm³/mol. The molecule has 0 atom stereocenters. The van der Waals surface area contributed by atoms with Gasteiger partial charge in [-0.3, -0.25) is 0 Å². The molecule has 0 amide bonds. The Bertz CT molecular complexity index is 263. The second kappa shape index (κ2) is 3.74. The monoisotopic (exact) mass is 239 g/mol. The summed E-state index contributed by atoms with van der Waals surface area (Å²) in [6.07, 6.45) is 0. The van der Waals surface area contributed by atoms with Crippen molar-refractivity contribution in [2.24, 2.45) is 0 Å². The van der Waals surface area contributed by atoms with Crippen molar-refractivity contribution in [3.8, 4) is 5.75 Å². The molecule has 1 aromatic carbocycles. The van der Waals surface area contributed by atoms with Crippen LogP contribution in [0.15, 0.2) is 24.3 Å². The van der Waals surface area contributed by atoms with Crippen LogP contribution in [0.2, 0.25) is 0 Å². The molecule has 0 aliphatic rings. The Kier molecular flexibility index (Phi) is 3.11. The van der Waals surface area contributed by atoms with Gasteiger partial charge < -0.3 is 0 Å². The zero-order chi connectivity index (χ0) is 9.19. The number of rotatable bonds is 1. The fourth-order valence-corrected chi connectivity index (χ4v) is 1.34. The fraction of sp³-hybridized carbons (Fsp3) is 0.400. The Morgan fingerprint density at radius 1 is 1.25 bits per heavy atom. The molecule has 0 aromatic heterocycles. The molecule has 0 fully saturated rings. The van der Waals surface area contributed by atoms with Crippen LogP contribution < -0.4 is 2.81 Å². The molecule has 63 valence electrons. The summed E-state index contributed by atoms with van der Waals surface area (Å²) in [5.74, 6) is 0.973. The van der Waals surface area contributed by atoms with Gasteiger partial charge in [-0.1, -0.05) is 0 Å². The van der Waals surface area contributed by atoms with Crippen LogP contribution in [0.3, 0.4) is 0 Å². The molecule has 0 radical (unpaired) electrons. The first-order valence-electron chi connectivity index (χ1n) is 3.98. The normalized spacial score (nSPS) is 11.2. The van der Waals surface area contributed by atoms with Gasteiger partial charge in [-0.25, -0.2) is 0 Å². The predicted octanol–water partition coefficient (Wildman–Crippen LogP) is 2.82. The van der Waals surface area contributed by atoms with Gasteiger partial charge in [0.05, 0.1) is 0 Å². The summed E-state index contributed by atoms with van der Waals surface area (Å²) in [5.41, 5.74) is 1.53. The minimum absolute atomic E-state index is 0.213. The van der Waals surface area contributed by atoms with Gasteiger partial charge in [0.1, 0.15) is 0 Å².